The van der Waals surface area contributed by atoms with Gasteiger partial charge in [-0.1, -0.05) is 0 Å². The molecule has 4 atom stereocenters. The van der Waals surface area contributed by atoms with Crippen molar-refractivity contribution in [2.24, 2.45) is 11.5 Å². The van der Waals surface area contributed by atoms with Crippen molar-refractivity contribution in [2.45, 2.75) is 63.8 Å². The highest BCUT2D eigenvalue weighted by Crippen LogP contribution is 2.39. The number of hydrogen-bond acceptors (Lipinski definition) is 8. The molecule has 0 spiro atoms. The highest BCUT2D eigenvalue weighted by atomic mass is 16.6. The molecule has 0 saturated heterocycles. The quantitative estimate of drug-likeness (QED) is 0.159. The third-order valence-electron chi connectivity index (χ3n) is 7.79. The number of benzene rings is 2. The lowest BCUT2D eigenvalue weighted by Gasteiger charge is -2.28. The highest BCUT2D eigenvalue weighted by Gasteiger charge is 2.36. The van der Waals surface area contributed by atoms with Gasteiger partial charge < -0.3 is 41.5 Å². The number of aromatic nitrogens is 2. The first-order valence-corrected chi connectivity index (χ1v) is 13.8. The molecule has 0 fully saturated rings. The summed E-state index contributed by atoms with van der Waals surface area (Å²) in [7, 11) is 0. The van der Waals surface area contributed by atoms with E-state index < -0.39 is 24.1 Å². The second-order valence-corrected chi connectivity index (χ2v) is 11.1. The Bertz CT molecular complexity index is 1630. The van der Waals surface area contributed by atoms with E-state index in [0.717, 1.165) is 32.9 Å². The molecule has 218 valence electrons. The van der Waals surface area contributed by atoms with Gasteiger partial charge in [0.25, 0.3) is 0 Å². The number of fused-ring (bicyclic) bond motifs is 6. The van der Waals surface area contributed by atoms with Crippen LogP contribution < -0.4 is 22.1 Å². The van der Waals surface area contributed by atoms with E-state index in [1.807, 2.05) is 24.3 Å². The van der Waals surface area contributed by atoms with E-state index in [-0.39, 0.29) is 23.9 Å². The van der Waals surface area contributed by atoms with E-state index >= 15 is 0 Å². The molecule has 8 N–H and O–H groups in total. The van der Waals surface area contributed by atoms with E-state index in [1.165, 1.54) is 13.8 Å². The number of nitrogens with two attached hydrogens (primary N) is 2. The molecule has 2 aliphatic rings. The lowest BCUT2D eigenvalue weighted by atomic mass is 9.89. The van der Waals surface area contributed by atoms with Crippen LogP contribution in [0.3, 0.4) is 0 Å². The summed E-state index contributed by atoms with van der Waals surface area (Å²) in [6, 6.07) is 10.3. The number of carbonyl (C=O) groups is 4. The van der Waals surface area contributed by atoms with Crippen molar-refractivity contribution in [2.75, 3.05) is 10.6 Å². The minimum atomic E-state index is -1.12. The van der Waals surface area contributed by atoms with Crippen LogP contribution >= 0.6 is 0 Å². The maximum atomic E-state index is 13.0. The zero-order valence-corrected chi connectivity index (χ0v) is 23.2. The monoisotopic (exact) mass is 572 g/mol. The molecular weight excluding hydrogens is 540 g/mol. The van der Waals surface area contributed by atoms with Crippen LogP contribution in [-0.4, -0.2) is 45.8 Å². The third kappa shape index (κ3) is 5.21. The van der Waals surface area contributed by atoms with Crippen molar-refractivity contribution in [3.05, 3.63) is 58.9 Å². The molecule has 0 bridgehead atoms. The average Bonchev–Trinajstić information content (AvgIpc) is 3.46. The summed E-state index contributed by atoms with van der Waals surface area (Å²) in [5.41, 5.74) is 18.6. The molecule has 2 amide bonds. The largest absolute Gasteiger partial charge is 0.447 e. The second-order valence-electron chi connectivity index (χ2n) is 11.1. The molecule has 2 aromatic carbocycles. The number of amides is 2. The van der Waals surface area contributed by atoms with Crippen molar-refractivity contribution in [1.29, 1.82) is 0 Å². The van der Waals surface area contributed by atoms with Gasteiger partial charge in [-0.3, -0.25) is 9.59 Å². The summed E-state index contributed by atoms with van der Waals surface area (Å²) in [4.78, 5) is 55.7. The Morgan fingerprint density at radius 2 is 1.12 bits per heavy atom. The summed E-state index contributed by atoms with van der Waals surface area (Å²) >= 11 is 0. The Balaban J connectivity index is 1.22. The standard InChI is InChI=1S/C30H32N6O6/c1-13(37)33-17-3-5-23-19(11-17)21-7-15(31)9-25(27(21)35-23)41-29(39)30(40)42-26-10-16(32)8-22-20-12-18(34-14(2)38)4-6-24(20)36-28(22)26/h3-6,11-12,15-16,25-26,35-36H,7-10,31-32H2,1-2H3,(H,33,37)(H,34,38). The van der Waals surface area contributed by atoms with E-state index in [9.17, 15) is 19.2 Å². The van der Waals surface area contributed by atoms with E-state index in [1.54, 1.807) is 12.1 Å². The van der Waals surface area contributed by atoms with Gasteiger partial charge in [-0.2, -0.15) is 0 Å². The predicted octanol–water partition coefficient (Wildman–Crippen LogP) is 2.98. The maximum Gasteiger partial charge on any atom is 0.418 e. The van der Waals surface area contributed by atoms with Crippen LogP contribution in [0.15, 0.2) is 36.4 Å². The number of ether oxygens (including phenoxy) is 2. The molecule has 0 saturated carbocycles. The van der Waals surface area contributed by atoms with Gasteiger partial charge in [0.15, 0.2) is 0 Å². The molecule has 0 radical (unpaired) electrons. The van der Waals surface area contributed by atoms with Crippen molar-refractivity contribution >= 4 is 56.9 Å². The van der Waals surface area contributed by atoms with E-state index in [4.69, 9.17) is 20.9 Å². The van der Waals surface area contributed by atoms with Crippen LogP contribution in [0.5, 0.6) is 0 Å². The topological polar surface area (TPSA) is 194 Å². The fourth-order valence-corrected chi connectivity index (χ4v) is 6.13. The number of aromatic amines is 2. The van der Waals surface area contributed by atoms with Crippen LogP contribution in [0.1, 0.15) is 61.4 Å². The Labute approximate surface area is 240 Å². The van der Waals surface area contributed by atoms with E-state index in [2.05, 4.69) is 20.6 Å². The number of nitrogens with one attached hydrogen (secondary N) is 4. The Morgan fingerprint density at radius 1 is 0.714 bits per heavy atom. The van der Waals surface area contributed by atoms with Crippen LogP contribution in [0.4, 0.5) is 11.4 Å². The molecule has 2 aromatic heterocycles. The summed E-state index contributed by atoms with van der Waals surface area (Å²) in [6.07, 6.45) is 0.201. The van der Waals surface area contributed by atoms with Gasteiger partial charge in [0.1, 0.15) is 12.2 Å². The minimum Gasteiger partial charge on any atom is -0.447 e. The highest BCUT2D eigenvalue weighted by molar-refractivity contribution is 6.29. The minimum absolute atomic E-state index is 0.186. The molecule has 2 heterocycles. The lowest BCUT2D eigenvalue weighted by Crippen LogP contribution is -2.35. The maximum absolute atomic E-state index is 13.0. The molecular formula is C30H32N6O6. The van der Waals surface area contributed by atoms with Crippen LogP contribution in [0, 0.1) is 0 Å². The van der Waals surface area contributed by atoms with Crippen molar-refractivity contribution in [3.8, 4) is 0 Å². The van der Waals surface area contributed by atoms with Crippen molar-refractivity contribution in [3.63, 3.8) is 0 Å². The van der Waals surface area contributed by atoms with Gasteiger partial charge in [0, 0.05) is 72.0 Å². The van der Waals surface area contributed by atoms with Crippen LogP contribution in [0.2, 0.25) is 0 Å². The zero-order valence-electron chi connectivity index (χ0n) is 23.2. The Morgan fingerprint density at radius 3 is 1.50 bits per heavy atom. The molecule has 4 unspecified atom stereocenters. The molecule has 4 aromatic rings. The molecule has 2 aliphatic carbocycles. The van der Waals surface area contributed by atoms with Gasteiger partial charge in [-0.05, 0) is 60.4 Å². The molecule has 12 heteroatoms. The van der Waals surface area contributed by atoms with E-state index in [0.29, 0.717) is 48.4 Å². The number of rotatable bonds is 4. The Hall–Kier alpha value is -4.68. The first-order valence-electron chi connectivity index (χ1n) is 13.8. The third-order valence-corrected chi connectivity index (χ3v) is 7.79. The fourth-order valence-electron chi connectivity index (χ4n) is 6.13. The van der Waals surface area contributed by atoms with Gasteiger partial charge >= 0.3 is 11.9 Å². The first-order chi connectivity index (χ1) is 20.0. The number of H-pyrrole nitrogens is 2. The zero-order chi connectivity index (χ0) is 29.7. The molecule has 12 nitrogen and oxygen atoms in total. The number of esters is 2. The lowest BCUT2D eigenvalue weighted by molar-refractivity contribution is -0.175. The van der Waals surface area contributed by atoms with Crippen molar-refractivity contribution in [1.82, 2.24) is 9.97 Å². The van der Waals surface area contributed by atoms with Gasteiger partial charge in [0.05, 0.1) is 11.4 Å². The molecule has 42 heavy (non-hydrogen) atoms. The summed E-state index contributed by atoms with van der Waals surface area (Å²) in [5.74, 6) is -2.62. The van der Waals surface area contributed by atoms with Crippen LogP contribution in [-0.2, 0) is 41.5 Å². The van der Waals surface area contributed by atoms with Crippen LogP contribution in [0.25, 0.3) is 21.8 Å². The van der Waals surface area contributed by atoms with Gasteiger partial charge in [0.2, 0.25) is 11.8 Å². The molecule has 6 rings (SSSR count). The SMILES string of the molecule is CC(=O)Nc1ccc2[nH]c3c(c2c1)CC(N)CC3OC(=O)C(=O)OC1CC(N)Cc2c1[nH]c1ccc(NC(C)=O)cc21. The number of hydrogen-bond donors (Lipinski definition) is 6. The second kappa shape index (κ2) is 10.6. The Kier molecular flexibility index (Phi) is 6.95. The predicted molar refractivity (Wildman–Crippen MR) is 155 cm³/mol. The smallest absolute Gasteiger partial charge is 0.418 e. The molecule has 0 aliphatic heterocycles. The normalized spacial score (nSPS) is 21.3. The summed E-state index contributed by atoms with van der Waals surface area (Å²) in [5, 5.41) is 7.26. The number of anilines is 2. The first kappa shape index (κ1) is 27.5. The number of carbonyl (C=O) groups excluding carboxylic acids is 4. The van der Waals surface area contributed by atoms with Gasteiger partial charge in [-0.15, -0.1) is 0 Å². The summed E-state index contributed by atoms with van der Waals surface area (Å²) < 4.78 is 11.3. The van der Waals surface area contributed by atoms with Gasteiger partial charge in [-0.25, -0.2) is 9.59 Å². The van der Waals surface area contributed by atoms with Crippen molar-refractivity contribution < 1.29 is 28.7 Å². The summed E-state index contributed by atoms with van der Waals surface area (Å²) in [6.45, 7) is 2.87. The average molecular weight is 573 g/mol. The fraction of sp³-hybridized carbons (Fsp3) is 0.333.